The Hall–Kier alpha value is -1.99. The highest BCUT2D eigenvalue weighted by Gasteiger charge is 2.69. The molecule has 122 valence electrons. The van der Waals surface area contributed by atoms with Crippen molar-refractivity contribution in [1.82, 2.24) is 0 Å². The van der Waals surface area contributed by atoms with Crippen molar-refractivity contribution in [2.75, 3.05) is 6.61 Å². The van der Waals surface area contributed by atoms with Gasteiger partial charge in [-0.25, -0.2) is 4.79 Å². The molecule has 1 aliphatic carbocycles. The average molecular weight is 314 g/mol. The van der Waals surface area contributed by atoms with E-state index in [0.717, 1.165) is 25.0 Å². The van der Waals surface area contributed by atoms with Crippen LogP contribution in [0.15, 0.2) is 30.3 Å². The molecule has 23 heavy (non-hydrogen) atoms. The van der Waals surface area contributed by atoms with Crippen molar-refractivity contribution in [1.29, 1.82) is 0 Å². The van der Waals surface area contributed by atoms with Crippen molar-refractivity contribution in [3.63, 3.8) is 0 Å². The van der Waals surface area contributed by atoms with Gasteiger partial charge in [0, 0.05) is 5.92 Å². The topological polar surface area (TPSA) is 48.1 Å². The van der Waals surface area contributed by atoms with Gasteiger partial charge in [-0.05, 0) is 44.7 Å². The molecular weight excluding hydrogens is 292 g/mol. The molecule has 4 heteroatoms. The lowest BCUT2D eigenvalue weighted by Crippen LogP contribution is -2.49. The fourth-order valence-corrected chi connectivity index (χ4v) is 3.39. The fourth-order valence-electron chi connectivity index (χ4n) is 3.39. The van der Waals surface area contributed by atoms with E-state index < -0.39 is 17.2 Å². The van der Waals surface area contributed by atoms with E-state index in [-0.39, 0.29) is 6.10 Å². The fraction of sp³-hybridized carbons (Fsp3) is 0.526. The molecule has 1 aliphatic heterocycles. The first kappa shape index (κ1) is 15.9. The van der Waals surface area contributed by atoms with Crippen LogP contribution in [0.4, 0.5) is 0 Å². The van der Waals surface area contributed by atoms with Crippen LogP contribution in [0.1, 0.15) is 39.5 Å². The molecule has 3 atom stereocenters. The van der Waals surface area contributed by atoms with E-state index in [1.54, 1.807) is 6.92 Å². The first-order chi connectivity index (χ1) is 11.1. The van der Waals surface area contributed by atoms with Crippen LogP contribution >= 0.6 is 0 Å². The van der Waals surface area contributed by atoms with Crippen LogP contribution < -0.4 is 4.74 Å². The Kier molecular flexibility index (Phi) is 4.32. The predicted molar refractivity (Wildman–Crippen MR) is 86.0 cm³/mol. The Morgan fingerprint density at radius 2 is 2.17 bits per heavy atom. The minimum atomic E-state index is -0.869. The lowest BCUT2D eigenvalue weighted by molar-refractivity contribution is -0.136. The van der Waals surface area contributed by atoms with Gasteiger partial charge in [0.2, 0.25) is 0 Å². The van der Waals surface area contributed by atoms with E-state index in [1.165, 1.54) is 6.42 Å². The van der Waals surface area contributed by atoms with Gasteiger partial charge < -0.3 is 14.2 Å². The Morgan fingerprint density at radius 1 is 1.39 bits per heavy atom. The summed E-state index contributed by atoms with van der Waals surface area (Å²) in [4.78, 5) is 11.7. The molecule has 4 nitrogen and oxygen atoms in total. The van der Waals surface area contributed by atoms with Crippen LogP contribution in [0.2, 0.25) is 0 Å². The van der Waals surface area contributed by atoms with E-state index in [1.807, 2.05) is 37.3 Å². The number of hydrogen-bond donors (Lipinski definition) is 0. The maximum atomic E-state index is 11.7. The number of carbonyl (C=O) groups excluding carboxylic acids is 1. The number of fused-ring (bicyclic) bond motifs is 1. The van der Waals surface area contributed by atoms with Gasteiger partial charge in [0.1, 0.15) is 11.4 Å². The van der Waals surface area contributed by atoms with Crippen molar-refractivity contribution < 1.29 is 19.0 Å². The van der Waals surface area contributed by atoms with Gasteiger partial charge in [-0.15, -0.1) is 0 Å². The third kappa shape index (κ3) is 3.07. The number of rotatable bonds is 4. The molecule has 2 aliphatic rings. The highest BCUT2D eigenvalue weighted by Crippen LogP contribution is 2.55. The number of esters is 1. The Morgan fingerprint density at radius 3 is 2.87 bits per heavy atom. The normalized spacial score (nSPS) is 27.7. The van der Waals surface area contributed by atoms with Gasteiger partial charge in [0.05, 0.1) is 12.7 Å². The second-order valence-electron chi connectivity index (χ2n) is 6.16. The molecule has 1 aromatic carbocycles. The number of para-hydroxylation sites is 1. The summed E-state index contributed by atoms with van der Waals surface area (Å²) in [5, 5.41) is 0. The zero-order chi connectivity index (χ0) is 16.3. The minimum Gasteiger partial charge on any atom is -0.472 e. The Balaban J connectivity index is 1.88. The van der Waals surface area contributed by atoms with Gasteiger partial charge >= 0.3 is 5.97 Å². The number of ether oxygens (including phenoxy) is 3. The molecule has 1 aromatic rings. The lowest BCUT2D eigenvalue weighted by atomic mass is 9.77. The van der Waals surface area contributed by atoms with Crippen molar-refractivity contribution in [2.24, 2.45) is 0 Å². The quantitative estimate of drug-likeness (QED) is 0.371. The molecule has 0 spiro atoms. The van der Waals surface area contributed by atoms with Gasteiger partial charge in [-0.1, -0.05) is 31.0 Å². The first-order valence-electron chi connectivity index (χ1n) is 8.21. The van der Waals surface area contributed by atoms with E-state index >= 15 is 0 Å². The SMILES string of the molecule is CCOC(=O)C#C[C@](C)(Oc1ccccc1)[C@@]12CCCC[C@@H]1O2. The molecule has 0 aromatic heterocycles. The van der Waals surface area contributed by atoms with Crippen molar-refractivity contribution in [3.8, 4) is 17.6 Å². The third-order valence-corrected chi connectivity index (χ3v) is 4.63. The van der Waals surface area contributed by atoms with E-state index in [2.05, 4.69) is 11.8 Å². The van der Waals surface area contributed by atoms with Crippen molar-refractivity contribution >= 4 is 5.97 Å². The van der Waals surface area contributed by atoms with Gasteiger partial charge in [-0.2, -0.15) is 0 Å². The molecule has 0 radical (unpaired) electrons. The van der Waals surface area contributed by atoms with Crippen LogP contribution in [-0.4, -0.2) is 29.9 Å². The molecule has 1 saturated carbocycles. The van der Waals surface area contributed by atoms with Gasteiger partial charge in [0.15, 0.2) is 5.60 Å². The Bertz CT molecular complexity index is 630. The smallest absolute Gasteiger partial charge is 0.384 e. The van der Waals surface area contributed by atoms with Crippen LogP contribution in [-0.2, 0) is 14.3 Å². The summed E-state index contributed by atoms with van der Waals surface area (Å²) >= 11 is 0. The molecule has 0 bridgehead atoms. The lowest BCUT2D eigenvalue weighted by Gasteiger charge is -2.34. The van der Waals surface area contributed by atoms with Crippen LogP contribution in [0.3, 0.4) is 0 Å². The van der Waals surface area contributed by atoms with Gasteiger partial charge in [-0.3, -0.25) is 0 Å². The molecule has 3 rings (SSSR count). The number of benzene rings is 1. The summed E-state index contributed by atoms with van der Waals surface area (Å²) in [5.74, 6) is 5.78. The van der Waals surface area contributed by atoms with Crippen molar-refractivity contribution in [3.05, 3.63) is 30.3 Å². The molecule has 0 amide bonds. The highest BCUT2D eigenvalue weighted by atomic mass is 16.6. The van der Waals surface area contributed by atoms with Gasteiger partial charge in [0.25, 0.3) is 0 Å². The molecule has 1 saturated heterocycles. The van der Waals surface area contributed by atoms with Crippen molar-refractivity contribution in [2.45, 2.75) is 56.8 Å². The summed E-state index contributed by atoms with van der Waals surface area (Å²) < 4.78 is 17.1. The maximum Gasteiger partial charge on any atom is 0.384 e. The largest absolute Gasteiger partial charge is 0.472 e. The minimum absolute atomic E-state index is 0.168. The predicted octanol–water partition coefficient (Wildman–Crippen LogP) is 3.10. The molecule has 0 N–H and O–H groups in total. The Labute approximate surface area is 137 Å². The summed E-state index contributed by atoms with van der Waals surface area (Å²) in [6.07, 6.45) is 4.35. The average Bonchev–Trinajstić information content (AvgIpc) is 3.31. The summed E-state index contributed by atoms with van der Waals surface area (Å²) in [7, 11) is 0. The third-order valence-electron chi connectivity index (χ3n) is 4.63. The van der Waals surface area contributed by atoms with Crippen LogP contribution in [0.25, 0.3) is 0 Å². The number of carbonyl (C=O) groups is 1. The second kappa shape index (κ2) is 6.25. The second-order valence-corrected chi connectivity index (χ2v) is 6.16. The monoisotopic (exact) mass is 314 g/mol. The standard InChI is InChI=1S/C19H22O4/c1-3-21-17(20)12-14-18(2,22-15-9-5-4-6-10-15)19-13-8-7-11-16(19)23-19/h4-6,9-10,16H,3,7-8,11,13H2,1-2H3/t16-,18-,19+/m0/s1. The molecule has 1 heterocycles. The van der Waals surface area contributed by atoms with Crippen LogP contribution in [0, 0.1) is 11.8 Å². The summed E-state index contributed by atoms with van der Waals surface area (Å²) in [6, 6.07) is 9.54. The maximum absolute atomic E-state index is 11.7. The number of epoxide rings is 1. The van der Waals surface area contributed by atoms with E-state index in [9.17, 15) is 4.79 Å². The summed E-state index contributed by atoms with van der Waals surface area (Å²) in [5.41, 5.74) is -1.28. The molecule has 0 unspecified atom stereocenters. The van der Waals surface area contributed by atoms with Crippen LogP contribution in [0.5, 0.6) is 5.75 Å². The number of hydrogen-bond acceptors (Lipinski definition) is 4. The zero-order valence-electron chi connectivity index (χ0n) is 13.6. The molecular formula is C19H22O4. The highest BCUT2D eigenvalue weighted by molar-refractivity contribution is 5.88. The van der Waals surface area contributed by atoms with E-state index in [0.29, 0.717) is 6.61 Å². The van der Waals surface area contributed by atoms with E-state index in [4.69, 9.17) is 14.2 Å². The summed E-state index contributed by atoms with van der Waals surface area (Å²) in [6.45, 7) is 3.99. The first-order valence-corrected chi connectivity index (χ1v) is 8.21. The zero-order valence-corrected chi connectivity index (χ0v) is 13.6. The molecule has 2 fully saturated rings.